The molecule has 11 nitrogen and oxygen atoms in total. The maximum Gasteiger partial charge on any atom is 0.423 e. The van der Waals surface area contributed by atoms with Gasteiger partial charge in [0, 0.05) is 18.8 Å². The molecule has 226 valence electrons. The summed E-state index contributed by atoms with van der Waals surface area (Å²) in [5.41, 5.74) is -0.970. The van der Waals surface area contributed by atoms with Crippen LogP contribution < -0.4 is 18.9 Å². The fraction of sp³-hybridized carbons (Fsp3) is 0.321. The van der Waals surface area contributed by atoms with Crippen LogP contribution in [0.3, 0.4) is 0 Å². The Morgan fingerprint density at radius 3 is 2.44 bits per heavy atom. The minimum atomic E-state index is -5.00. The molecular formula is C28H27F3N6O5S. The third kappa shape index (κ3) is 5.95. The van der Waals surface area contributed by atoms with Crippen molar-refractivity contribution in [1.82, 2.24) is 24.6 Å². The van der Waals surface area contributed by atoms with Crippen LogP contribution in [0.15, 0.2) is 59.8 Å². The van der Waals surface area contributed by atoms with Crippen molar-refractivity contribution in [3.8, 4) is 34.4 Å². The Labute approximate surface area is 245 Å². The van der Waals surface area contributed by atoms with E-state index in [9.17, 15) is 21.6 Å². The Kier molecular flexibility index (Phi) is 7.38. The fourth-order valence-electron chi connectivity index (χ4n) is 5.11. The van der Waals surface area contributed by atoms with Gasteiger partial charge >= 0.3 is 6.18 Å². The summed E-state index contributed by atoms with van der Waals surface area (Å²) in [4.78, 5) is 9.94. The van der Waals surface area contributed by atoms with Crippen molar-refractivity contribution in [2.75, 3.05) is 31.7 Å². The highest BCUT2D eigenvalue weighted by Gasteiger charge is 2.42. The number of hydrogen-bond donors (Lipinski definition) is 1. The van der Waals surface area contributed by atoms with E-state index in [4.69, 9.17) is 14.2 Å². The maximum absolute atomic E-state index is 14.7. The third-order valence-corrected chi connectivity index (χ3v) is 8.60. The normalized spacial score (nSPS) is 15.9. The molecule has 4 heterocycles. The number of piperidine rings is 1. The number of aromatic nitrogens is 4. The molecule has 0 unspecified atom stereocenters. The van der Waals surface area contributed by atoms with E-state index in [1.54, 1.807) is 12.1 Å². The summed E-state index contributed by atoms with van der Waals surface area (Å²) in [6.07, 6.45) is -0.741. The average Bonchev–Trinajstić information content (AvgIpc) is 3.62. The van der Waals surface area contributed by atoms with Gasteiger partial charge in [0.1, 0.15) is 16.2 Å². The number of aryl methyl sites for hydroxylation is 1. The Bertz CT molecular complexity index is 1750. The lowest BCUT2D eigenvalue weighted by Crippen LogP contribution is -2.29. The number of hydrogen-bond acceptors (Lipinski definition) is 9. The molecule has 0 amide bonds. The summed E-state index contributed by atoms with van der Waals surface area (Å²) >= 11 is 0. The van der Waals surface area contributed by atoms with Crippen LogP contribution in [0.5, 0.6) is 23.1 Å². The summed E-state index contributed by atoms with van der Waals surface area (Å²) in [6.45, 7) is 1.71. The Morgan fingerprint density at radius 2 is 1.77 bits per heavy atom. The predicted molar refractivity (Wildman–Crippen MR) is 149 cm³/mol. The lowest BCUT2D eigenvalue weighted by Gasteiger charge is -2.29. The molecule has 1 fully saturated rings. The summed E-state index contributed by atoms with van der Waals surface area (Å²) in [7, 11) is -0.731. The van der Waals surface area contributed by atoms with E-state index >= 15 is 0 Å². The van der Waals surface area contributed by atoms with Gasteiger partial charge in [-0.2, -0.15) is 23.3 Å². The number of halogens is 3. The van der Waals surface area contributed by atoms with Gasteiger partial charge in [0.05, 0.1) is 11.9 Å². The first-order chi connectivity index (χ1) is 20.5. The Hall–Kier alpha value is -4.37. The number of nitrogens with zero attached hydrogens (tertiary/aromatic N) is 5. The second-order valence-electron chi connectivity index (χ2n) is 10.3. The Morgan fingerprint density at radius 1 is 1.02 bits per heavy atom. The number of sulfonamides is 1. The van der Waals surface area contributed by atoms with Crippen molar-refractivity contribution in [3.63, 3.8) is 0 Å². The van der Waals surface area contributed by atoms with E-state index in [0.29, 0.717) is 5.92 Å². The molecule has 2 aromatic carbocycles. The summed E-state index contributed by atoms with van der Waals surface area (Å²) in [6, 6.07) is 11.2. The molecule has 0 bridgehead atoms. The van der Waals surface area contributed by atoms with Crippen LogP contribution in [-0.2, 0) is 23.2 Å². The van der Waals surface area contributed by atoms with Gasteiger partial charge in [-0.15, -0.1) is 0 Å². The molecule has 0 spiro atoms. The molecule has 0 radical (unpaired) electrons. The predicted octanol–water partition coefficient (Wildman–Crippen LogP) is 5.03. The lowest BCUT2D eigenvalue weighted by molar-refractivity contribution is -0.138. The first kappa shape index (κ1) is 28.7. The first-order valence-electron chi connectivity index (χ1n) is 13.3. The van der Waals surface area contributed by atoms with Crippen LogP contribution in [0, 0.1) is 0 Å². The fourth-order valence-corrected chi connectivity index (χ4v) is 6.03. The van der Waals surface area contributed by atoms with E-state index < -0.39 is 39.3 Å². The molecule has 2 aromatic heterocycles. The van der Waals surface area contributed by atoms with Crippen LogP contribution >= 0.6 is 0 Å². The van der Waals surface area contributed by atoms with E-state index in [0.717, 1.165) is 37.7 Å². The summed E-state index contributed by atoms with van der Waals surface area (Å²) < 4.78 is 90.3. The number of likely N-dealkylation sites (tertiary alicyclic amines) is 1. The van der Waals surface area contributed by atoms with Crippen LogP contribution in [-0.4, -0.2) is 60.0 Å². The zero-order valence-electron chi connectivity index (χ0n) is 23.1. The lowest BCUT2D eigenvalue weighted by atomic mass is 9.90. The van der Waals surface area contributed by atoms with Crippen molar-refractivity contribution in [3.05, 3.63) is 66.0 Å². The molecule has 0 aliphatic carbocycles. The quantitative estimate of drug-likeness (QED) is 0.305. The van der Waals surface area contributed by atoms with Crippen LogP contribution in [0.2, 0.25) is 0 Å². The standard InChI is InChI=1S/C28H27F3N6O5S/c1-36-12-10-18(11-13-36)17-6-8-19(9-7-17)42-26-23(28(29,30)31)24(21-4-3-5-22-25(21)41-16-40-22)33-27(34-26)35-43(38,39)20-14-32-37(2)15-20/h3-9,14-15,18H,10-13,16H2,1-2H3,(H,33,34,35). The van der Waals surface area contributed by atoms with Gasteiger partial charge in [-0.05, 0) is 68.7 Å². The topological polar surface area (TPSA) is 121 Å². The highest BCUT2D eigenvalue weighted by Crippen LogP contribution is 2.48. The third-order valence-electron chi connectivity index (χ3n) is 7.31. The molecule has 1 saturated heterocycles. The zero-order chi connectivity index (χ0) is 30.4. The smallest absolute Gasteiger partial charge is 0.423 e. The number of para-hydroxylation sites is 1. The monoisotopic (exact) mass is 616 g/mol. The van der Waals surface area contributed by atoms with Crippen molar-refractivity contribution in [2.24, 2.45) is 7.05 Å². The number of ether oxygens (including phenoxy) is 3. The summed E-state index contributed by atoms with van der Waals surface area (Å²) in [5.74, 6) is -0.857. The number of rotatable bonds is 7. The molecule has 6 rings (SSSR count). The average molecular weight is 617 g/mol. The SMILES string of the molecule is CN1CCC(c2ccc(Oc3nc(NS(=O)(=O)c4cnn(C)c4)nc(-c4cccc5c4OCO5)c3C(F)(F)F)cc2)CC1. The largest absolute Gasteiger partial charge is 0.454 e. The second kappa shape index (κ2) is 11.0. The number of benzene rings is 2. The second-order valence-corrected chi connectivity index (χ2v) is 12.0. The van der Waals surface area contributed by atoms with E-state index in [-0.39, 0.29) is 34.5 Å². The Balaban J connectivity index is 1.44. The molecule has 4 aromatic rings. The zero-order valence-corrected chi connectivity index (χ0v) is 23.9. The van der Waals surface area contributed by atoms with Gasteiger partial charge in [0.15, 0.2) is 11.5 Å². The van der Waals surface area contributed by atoms with Crippen LogP contribution in [0.25, 0.3) is 11.3 Å². The van der Waals surface area contributed by atoms with Gasteiger partial charge in [0.2, 0.25) is 18.6 Å². The molecule has 43 heavy (non-hydrogen) atoms. The minimum Gasteiger partial charge on any atom is -0.454 e. The number of fused-ring (bicyclic) bond motifs is 1. The van der Waals surface area contributed by atoms with Gasteiger partial charge in [-0.3, -0.25) is 4.68 Å². The van der Waals surface area contributed by atoms with Gasteiger partial charge < -0.3 is 19.1 Å². The minimum absolute atomic E-state index is 0.0289. The molecule has 0 atom stereocenters. The van der Waals surface area contributed by atoms with Crippen LogP contribution in [0.4, 0.5) is 19.1 Å². The van der Waals surface area contributed by atoms with E-state index in [1.165, 1.54) is 36.1 Å². The van der Waals surface area contributed by atoms with Gasteiger partial charge in [0.25, 0.3) is 10.0 Å². The van der Waals surface area contributed by atoms with E-state index in [2.05, 4.69) is 31.7 Å². The van der Waals surface area contributed by atoms with Crippen molar-refractivity contribution < 1.29 is 35.8 Å². The molecule has 1 N–H and O–H groups in total. The number of nitrogens with one attached hydrogen (secondary N) is 1. The first-order valence-corrected chi connectivity index (χ1v) is 14.8. The molecule has 0 saturated carbocycles. The molecule has 2 aliphatic heterocycles. The van der Waals surface area contributed by atoms with Crippen molar-refractivity contribution in [2.45, 2.75) is 29.8 Å². The van der Waals surface area contributed by atoms with Crippen molar-refractivity contribution >= 4 is 16.0 Å². The number of alkyl halides is 3. The molecular weight excluding hydrogens is 589 g/mol. The van der Waals surface area contributed by atoms with Crippen LogP contribution in [0.1, 0.15) is 29.9 Å². The maximum atomic E-state index is 14.7. The molecule has 2 aliphatic rings. The van der Waals surface area contributed by atoms with Gasteiger partial charge in [-0.1, -0.05) is 18.2 Å². The highest BCUT2D eigenvalue weighted by molar-refractivity contribution is 7.92. The number of anilines is 1. The highest BCUT2D eigenvalue weighted by atomic mass is 32.2. The van der Waals surface area contributed by atoms with Crippen molar-refractivity contribution in [1.29, 1.82) is 0 Å². The molecule has 15 heteroatoms. The van der Waals surface area contributed by atoms with Gasteiger partial charge in [-0.25, -0.2) is 18.1 Å². The van der Waals surface area contributed by atoms with E-state index in [1.807, 2.05) is 12.1 Å². The summed E-state index contributed by atoms with van der Waals surface area (Å²) in [5, 5.41) is 3.84.